The summed E-state index contributed by atoms with van der Waals surface area (Å²) < 4.78 is 0. The Bertz CT molecular complexity index is 414. The quantitative estimate of drug-likeness (QED) is 0.801. The van der Waals surface area contributed by atoms with E-state index in [-0.39, 0.29) is 5.91 Å². The molecule has 5 nitrogen and oxygen atoms in total. The molecule has 70 valence electrons. The third-order valence-electron chi connectivity index (χ3n) is 1.47. The predicted octanol–water partition coefficient (Wildman–Crippen LogP) is 1.19. The highest BCUT2D eigenvalue weighted by molar-refractivity contribution is 7.07. The van der Waals surface area contributed by atoms with Crippen molar-refractivity contribution in [2.45, 2.75) is 0 Å². The maximum absolute atomic E-state index is 11.4. The Labute approximate surface area is 83.9 Å². The fourth-order valence-electron chi connectivity index (χ4n) is 0.869. The van der Waals surface area contributed by atoms with Crippen LogP contribution < -0.4 is 5.32 Å². The summed E-state index contributed by atoms with van der Waals surface area (Å²) in [7, 11) is 0. The number of hydrogen-bond acceptors (Lipinski definition) is 5. The molecule has 0 aliphatic rings. The van der Waals surface area contributed by atoms with Gasteiger partial charge in [0.05, 0.1) is 11.7 Å². The molecule has 0 radical (unpaired) electrons. The van der Waals surface area contributed by atoms with E-state index in [2.05, 4.69) is 20.3 Å². The zero-order valence-electron chi connectivity index (χ0n) is 7.04. The second-order valence-electron chi connectivity index (χ2n) is 2.42. The van der Waals surface area contributed by atoms with E-state index in [0.717, 1.165) is 0 Å². The van der Waals surface area contributed by atoms with E-state index in [1.54, 1.807) is 17.1 Å². The minimum Gasteiger partial charge on any atom is -0.304 e. The number of nitrogens with one attached hydrogen (secondary N) is 1. The van der Waals surface area contributed by atoms with Gasteiger partial charge in [0, 0.05) is 17.8 Å². The zero-order valence-corrected chi connectivity index (χ0v) is 7.86. The van der Waals surface area contributed by atoms with Crippen LogP contribution in [0.5, 0.6) is 0 Å². The van der Waals surface area contributed by atoms with E-state index >= 15 is 0 Å². The predicted molar refractivity (Wildman–Crippen MR) is 52.1 cm³/mol. The summed E-state index contributed by atoms with van der Waals surface area (Å²) in [5, 5.41) is 4.25. The molecule has 1 N–H and O–H groups in total. The molecule has 2 heterocycles. The van der Waals surface area contributed by atoms with E-state index in [4.69, 9.17) is 0 Å². The van der Waals surface area contributed by atoms with E-state index in [0.29, 0.717) is 11.5 Å². The minimum atomic E-state index is -0.272. The topological polar surface area (TPSA) is 67.8 Å². The second kappa shape index (κ2) is 3.93. The lowest BCUT2D eigenvalue weighted by Gasteiger charge is -1.99. The van der Waals surface area contributed by atoms with Crippen LogP contribution in [-0.4, -0.2) is 20.9 Å². The van der Waals surface area contributed by atoms with Crippen molar-refractivity contribution in [3.8, 4) is 0 Å². The molecular formula is C8H6N4OS. The van der Waals surface area contributed by atoms with Crippen molar-refractivity contribution in [2.75, 3.05) is 5.32 Å². The van der Waals surface area contributed by atoms with Crippen molar-refractivity contribution < 1.29 is 4.79 Å². The van der Waals surface area contributed by atoms with Crippen molar-refractivity contribution in [3.63, 3.8) is 0 Å². The summed E-state index contributed by atoms with van der Waals surface area (Å²) in [5.41, 5.74) is 1.99. The Hall–Kier alpha value is -1.82. The lowest BCUT2D eigenvalue weighted by Crippen LogP contribution is -2.13. The van der Waals surface area contributed by atoms with E-state index in [1.165, 1.54) is 23.7 Å². The smallest absolute Gasteiger partial charge is 0.276 e. The van der Waals surface area contributed by atoms with Crippen molar-refractivity contribution in [1.29, 1.82) is 0 Å². The molecule has 0 saturated heterocycles. The molecule has 0 bridgehead atoms. The molecule has 2 aromatic rings. The largest absolute Gasteiger partial charge is 0.304 e. The Kier molecular flexibility index (Phi) is 2.46. The van der Waals surface area contributed by atoms with Gasteiger partial charge in [-0.25, -0.2) is 9.97 Å². The summed E-state index contributed by atoms with van der Waals surface area (Å²) in [6.45, 7) is 0. The molecule has 0 aromatic carbocycles. The molecule has 0 fully saturated rings. The Morgan fingerprint density at radius 3 is 2.93 bits per heavy atom. The number of nitrogens with zero attached hydrogens (tertiary/aromatic N) is 3. The van der Waals surface area contributed by atoms with Crippen molar-refractivity contribution in [1.82, 2.24) is 15.0 Å². The number of carbonyl (C=O) groups excluding carboxylic acids is 1. The number of aromatic nitrogens is 3. The van der Waals surface area contributed by atoms with Gasteiger partial charge in [-0.2, -0.15) is 0 Å². The maximum Gasteiger partial charge on any atom is 0.276 e. The van der Waals surface area contributed by atoms with Crippen LogP contribution in [0.2, 0.25) is 0 Å². The monoisotopic (exact) mass is 206 g/mol. The highest BCUT2D eigenvalue weighted by Crippen LogP contribution is 2.04. The van der Waals surface area contributed by atoms with E-state index < -0.39 is 0 Å². The Balaban J connectivity index is 2.10. The number of amides is 1. The lowest BCUT2D eigenvalue weighted by molar-refractivity contribution is 0.102. The summed E-state index contributed by atoms with van der Waals surface area (Å²) in [5.74, 6) is 0.150. The second-order valence-corrected chi connectivity index (χ2v) is 3.14. The standard InChI is InChI=1S/C8H6N4OS/c13-8(6-4-14-5-11-6)12-7-3-9-1-2-10-7/h1-5H,(H,10,12,13). The van der Waals surface area contributed by atoms with Crippen LogP contribution in [0, 0.1) is 0 Å². The van der Waals surface area contributed by atoms with Crippen LogP contribution in [0.1, 0.15) is 10.5 Å². The third kappa shape index (κ3) is 1.91. The van der Waals surface area contributed by atoms with Gasteiger partial charge >= 0.3 is 0 Å². The summed E-state index contributed by atoms with van der Waals surface area (Å²) in [6.07, 6.45) is 4.53. The number of thiazole rings is 1. The molecule has 14 heavy (non-hydrogen) atoms. The molecule has 0 atom stereocenters. The van der Waals surface area contributed by atoms with Gasteiger partial charge in [-0.3, -0.25) is 9.78 Å². The normalized spacial score (nSPS) is 9.71. The molecule has 0 saturated carbocycles. The average Bonchev–Trinajstić information content (AvgIpc) is 2.72. The highest BCUT2D eigenvalue weighted by atomic mass is 32.1. The minimum absolute atomic E-state index is 0.272. The van der Waals surface area contributed by atoms with Gasteiger partial charge in [0.2, 0.25) is 0 Å². The van der Waals surface area contributed by atoms with Gasteiger partial charge in [0.15, 0.2) is 5.82 Å². The SMILES string of the molecule is O=C(Nc1cnccn1)c1cscn1. The van der Waals surface area contributed by atoms with Crippen LogP contribution >= 0.6 is 11.3 Å². The molecule has 2 aromatic heterocycles. The lowest BCUT2D eigenvalue weighted by atomic mass is 10.4. The number of carbonyl (C=O) groups is 1. The van der Waals surface area contributed by atoms with Gasteiger partial charge in [0.25, 0.3) is 5.91 Å². The van der Waals surface area contributed by atoms with E-state index in [1.807, 2.05) is 0 Å². The first-order valence-electron chi connectivity index (χ1n) is 3.82. The average molecular weight is 206 g/mol. The van der Waals surface area contributed by atoms with Gasteiger partial charge < -0.3 is 5.32 Å². The molecule has 2 rings (SSSR count). The van der Waals surface area contributed by atoms with E-state index in [9.17, 15) is 4.79 Å². The third-order valence-corrected chi connectivity index (χ3v) is 2.06. The molecule has 0 aliphatic heterocycles. The van der Waals surface area contributed by atoms with Crippen molar-refractivity contribution in [2.24, 2.45) is 0 Å². The van der Waals surface area contributed by atoms with Crippen molar-refractivity contribution >= 4 is 23.1 Å². The molecule has 1 amide bonds. The van der Waals surface area contributed by atoms with Gasteiger partial charge in [-0.15, -0.1) is 11.3 Å². The first-order chi connectivity index (χ1) is 6.86. The summed E-state index contributed by atoms with van der Waals surface area (Å²) in [4.78, 5) is 23.0. The first kappa shape index (κ1) is 8.76. The van der Waals surface area contributed by atoms with Crippen LogP contribution in [0.25, 0.3) is 0 Å². The Morgan fingerprint density at radius 2 is 2.29 bits per heavy atom. The molecule has 6 heteroatoms. The van der Waals surface area contributed by atoms with Crippen LogP contribution in [0.15, 0.2) is 29.5 Å². The number of hydrogen-bond donors (Lipinski definition) is 1. The Morgan fingerprint density at radius 1 is 1.36 bits per heavy atom. The van der Waals surface area contributed by atoms with Crippen LogP contribution in [-0.2, 0) is 0 Å². The zero-order chi connectivity index (χ0) is 9.80. The van der Waals surface area contributed by atoms with Crippen LogP contribution in [0.4, 0.5) is 5.82 Å². The van der Waals surface area contributed by atoms with Gasteiger partial charge in [-0.05, 0) is 0 Å². The molecule has 0 aliphatic carbocycles. The number of anilines is 1. The fraction of sp³-hybridized carbons (Fsp3) is 0. The fourth-order valence-corrected chi connectivity index (χ4v) is 1.40. The highest BCUT2D eigenvalue weighted by Gasteiger charge is 2.07. The number of rotatable bonds is 2. The first-order valence-corrected chi connectivity index (χ1v) is 4.76. The summed E-state index contributed by atoms with van der Waals surface area (Å²) >= 11 is 1.37. The molecule has 0 spiro atoms. The van der Waals surface area contributed by atoms with Crippen molar-refractivity contribution in [3.05, 3.63) is 35.2 Å². The maximum atomic E-state index is 11.4. The summed E-state index contributed by atoms with van der Waals surface area (Å²) in [6, 6.07) is 0. The molecule has 0 unspecified atom stereocenters. The van der Waals surface area contributed by atoms with Gasteiger partial charge in [0.1, 0.15) is 5.69 Å². The van der Waals surface area contributed by atoms with Gasteiger partial charge in [-0.1, -0.05) is 0 Å². The molecular weight excluding hydrogens is 200 g/mol. The van der Waals surface area contributed by atoms with Crippen LogP contribution in [0.3, 0.4) is 0 Å².